The van der Waals surface area contributed by atoms with E-state index in [0.29, 0.717) is 29.2 Å². The summed E-state index contributed by atoms with van der Waals surface area (Å²) >= 11 is 0. The van der Waals surface area contributed by atoms with Crippen LogP contribution in [-0.4, -0.2) is 23.8 Å². The number of carbonyl (C=O) groups is 1. The SMILES string of the molecule is CCOc1ccc(C=Nc2ccc(C)c(C(N)=O)c2)c(O)c1. The van der Waals surface area contributed by atoms with Crippen LogP contribution < -0.4 is 10.5 Å². The van der Waals surface area contributed by atoms with Crippen LogP contribution in [0.5, 0.6) is 11.5 Å². The molecule has 0 saturated heterocycles. The van der Waals surface area contributed by atoms with Crippen molar-refractivity contribution < 1.29 is 14.6 Å². The van der Waals surface area contributed by atoms with Gasteiger partial charge in [-0.2, -0.15) is 0 Å². The molecule has 2 rings (SSSR count). The van der Waals surface area contributed by atoms with Crippen molar-refractivity contribution in [2.45, 2.75) is 13.8 Å². The number of primary amides is 1. The van der Waals surface area contributed by atoms with Gasteiger partial charge in [0.25, 0.3) is 0 Å². The van der Waals surface area contributed by atoms with Crippen molar-refractivity contribution in [1.29, 1.82) is 0 Å². The number of phenolic OH excluding ortho intramolecular Hbond substituents is 1. The third-order valence-corrected chi connectivity index (χ3v) is 3.15. The third kappa shape index (κ3) is 3.63. The standard InChI is InChI=1S/C17H18N2O3/c1-3-22-14-7-5-12(16(20)9-14)10-19-13-6-4-11(2)15(8-13)17(18)21/h4-10,20H,3H2,1-2H3,(H2,18,21). The highest BCUT2D eigenvalue weighted by Crippen LogP contribution is 2.23. The Morgan fingerprint density at radius 3 is 2.73 bits per heavy atom. The fraction of sp³-hybridized carbons (Fsp3) is 0.176. The number of hydrogen-bond donors (Lipinski definition) is 2. The van der Waals surface area contributed by atoms with Crippen LogP contribution >= 0.6 is 0 Å². The molecule has 0 fully saturated rings. The molecule has 5 nitrogen and oxygen atoms in total. The van der Waals surface area contributed by atoms with Crippen molar-refractivity contribution in [3.8, 4) is 11.5 Å². The van der Waals surface area contributed by atoms with Gasteiger partial charge < -0.3 is 15.6 Å². The second-order valence-corrected chi connectivity index (χ2v) is 4.78. The number of aryl methyl sites for hydroxylation is 1. The second kappa shape index (κ2) is 6.76. The number of phenols is 1. The van der Waals surface area contributed by atoms with Gasteiger partial charge in [-0.05, 0) is 43.7 Å². The van der Waals surface area contributed by atoms with Crippen molar-refractivity contribution in [3.63, 3.8) is 0 Å². The summed E-state index contributed by atoms with van der Waals surface area (Å²) in [6, 6.07) is 10.2. The zero-order chi connectivity index (χ0) is 16.1. The summed E-state index contributed by atoms with van der Waals surface area (Å²) in [4.78, 5) is 15.6. The maximum atomic E-state index is 11.3. The van der Waals surface area contributed by atoms with E-state index < -0.39 is 5.91 Å². The molecular formula is C17H18N2O3. The first-order valence-electron chi connectivity index (χ1n) is 6.91. The molecule has 2 aromatic rings. The summed E-state index contributed by atoms with van der Waals surface area (Å²) in [6.07, 6.45) is 1.53. The summed E-state index contributed by atoms with van der Waals surface area (Å²) in [5.41, 5.74) is 7.70. The van der Waals surface area contributed by atoms with Gasteiger partial charge in [0.2, 0.25) is 5.91 Å². The lowest BCUT2D eigenvalue weighted by Crippen LogP contribution is -2.12. The van der Waals surface area contributed by atoms with Crippen molar-refractivity contribution >= 4 is 17.8 Å². The Hall–Kier alpha value is -2.82. The summed E-state index contributed by atoms with van der Waals surface area (Å²) < 4.78 is 5.30. The van der Waals surface area contributed by atoms with E-state index in [-0.39, 0.29) is 5.75 Å². The molecule has 1 amide bonds. The van der Waals surface area contributed by atoms with Gasteiger partial charge in [0, 0.05) is 23.4 Å². The first kappa shape index (κ1) is 15.6. The van der Waals surface area contributed by atoms with Crippen LogP contribution in [0, 0.1) is 6.92 Å². The van der Waals surface area contributed by atoms with E-state index in [1.165, 1.54) is 12.3 Å². The number of carbonyl (C=O) groups excluding carboxylic acids is 1. The number of amides is 1. The van der Waals surface area contributed by atoms with Crippen LogP contribution in [0.3, 0.4) is 0 Å². The summed E-state index contributed by atoms with van der Waals surface area (Å²) in [5, 5.41) is 9.94. The molecule has 0 spiro atoms. The van der Waals surface area contributed by atoms with Crippen LogP contribution in [0.25, 0.3) is 0 Å². The largest absolute Gasteiger partial charge is 0.507 e. The Bertz CT molecular complexity index is 724. The fourth-order valence-corrected chi connectivity index (χ4v) is 1.99. The lowest BCUT2D eigenvalue weighted by molar-refractivity contribution is 0.0999. The molecular weight excluding hydrogens is 280 g/mol. The predicted molar refractivity (Wildman–Crippen MR) is 86.2 cm³/mol. The van der Waals surface area contributed by atoms with Gasteiger partial charge >= 0.3 is 0 Å². The molecule has 5 heteroatoms. The van der Waals surface area contributed by atoms with E-state index in [1.807, 2.05) is 13.8 Å². The molecule has 0 unspecified atom stereocenters. The Morgan fingerprint density at radius 1 is 1.32 bits per heavy atom. The highest BCUT2D eigenvalue weighted by atomic mass is 16.5. The molecule has 0 radical (unpaired) electrons. The summed E-state index contributed by atoms with van der Waals surface area (Å²) in [5.74, 6) is 0.193. The predicted octanol–water partition coefficient (Wildman–Crippen LogP) is 2.95. The lowest BCUT2D eigenvalue weighted by Gasteiger charge is -2.05. The molecule has 0 aliphatic heterocycles. The zero-order valence-electron chi connectivity index (χ0n) is 12.5. The van der Waals surface area contributed by atoms with Crippen LogP contribution in [0.1, 0.15) is 28.4 Å². The second-order valence-electron chi connectivity index (χ2n) is 4.78. The first-order chi connectivity index (χ1) is 10.5. The fourth-order valence-electron chi connectivity index (χ4n) is 1.99. The summed E-state index contributed by atoms with van der Waals surface area (Å²) in [6.45, 7) is 4.22. The average molecular weight is 298 g/mol. The van der Waals surface area contributed by atoms with E-state index >= 15 is 0 Å². The highest BCUT2D eigenvalue weighted by Gasteiger charge is 2.06. The molecule has 2 aromatic carbocycles. The van der Waals surface area contributed by atoms with Crippen LogP contribution in [0.4, 0.5) is 5.69 Å². The molecule has 3 N–H and O–H groups in total. The number of nitrogens with zero attached hydrogens (tertiary/aromatic N) is 1. The maximum Gasteiger partial charge on any atom is 0.249 e. The van der Waals surface area contributed by atoms with Gasteiger partial charge in [-0.15, -0.1) is 0 Å². The van der Waals surface area contributed by atoms with Crippen LogP contribution in [0.2, 0.25) is 0 Å². The van der Waals surface area contributed by atoms with E-state index in [4.69, 9.17) is 10.5 Å². The van der Waals surface area contributed by atoms with Crippen molar-refractivity contribution in [3.05, 3.63) is 53.1 Å². The zero-order valence-corrected chi connectivity index (χ0v) is 12.5. The van der Waals surface area contributed by atoms with Crippen molar-refractivity contribution in [2.75, 3.05) is 6.61 Å². The van der Waals surface area contributed by atoms with Crippen LogP contribution in [0.15, 0.2) is 41.4 Å². The molecule has 114 valence electrons. The molecule has 0 atom stereocenters. The smallest absolute Gasteiger partial charge is 0.249 e. The minimum atomic E-state index is -0.488. The van der Waals surface area contributed by atoms with Crippen LogP contribution in [-0.2, 0) is 0 Å². The minimum Gasteiger partial charge on any atom is -0.507 e. The number of ether oxygens (including phenoxy) is 1. The van der Waals surface area contributed by atoms with E-state index in [1.54, 1.807) is 30.3 Å². The van der Waals surface area contributed by atoms with Gasteiger partial charge in [-0.1, -0.05) is 6.07 Å². The Balaban J connectivity index is 2.25. The Morgan fingerprint density at radius 2 is 2.09 bits per heavy atom. The van der Waals surface area contributed by atoms with Gasteiger partial charge in [-0.3, -0.25) is 9.79 Å². The molecule has 0 saturated carbocycles. The number of benzene rings is 2. The minimum absolute atomic E-state index is 0.0805. The lowest BCUT2D eigenvalue weighted by atomic mass is 10.1. The van der Waals surface area contributed by atoms with E-state index in [0.717, 1.165) is 5.56 Å². The maximum absolute atomic E-state index is 11.3. The van der Waals surface area contributed by atoms with Gasteiger partial charge in [-0.25, -0.2) is 0 Å². The number of nitrogens with two attached hydrogens (primary N) is 1. The quantitative estimate of drug-likeness (QED) is 0.832. The summed E-state index contributed by atoms with van der Waals surface area (Å²) in [7, 11) is 0. The molecule has 22 heavy (non-hydrogen) atoms. The number of aliphatic imine (C=N–C) groups is 1. The molecule has 0 bridgehead atoms. The van der Waals surface area contributed by atoms with Gasteiger partial charge in [0.15, 0.2) is 0 Å². The van der Waals surface area contributed by atoms with Crippen molar-refractivity contribution in [2.24, 2.45) is 10.7 Å². The monoisotopic (exact) mass is 298 g/mol. The Labute approximate surface area is 129 Å². The molecule has 0 aromatic heterocycles. The third-order valence-electron chi connectivity index (χ3n) is 3.15. The first-order valence-corrected chi connectivity index (χ1v) is 6.91. The number of hydrogen-bond acceptors (Lipinski definition) is 4. The average Bonchev–Trinajstić information content (AvgIpc) is 2.48. The van der Waals surface area contributed by atoms with Gasteiger partial charge in [0.1, 0.15) is 11.5 Å². The normalized spacial score (nSPS) is 10.8. The highest BCUT2D eigenvalue weighted by molar-refractivity contribution is 5.95. The molecule has 0 heterocycles. The Kier molecular flexibility index (Phi) is 4.78. The number of rotatable bonds is 5. The van der Waals surface area contributed by atoms with Crippen molar-refractivity contribution in [1.82, 2.24) is 0 Å². The van der Waals surface area contributed by atoms with E-state index in [2.05, 4.69) is 4.99 Å². The molecule has 0 aliphatic rings. The molecule has 0 aliphatic carbocycles. The van der Waals surface area contributed by atoms with Gasteiger partial charge in [0.05, 0.1) is 12.3 Å². The number of aromatic hydroxyl groups is 1. The van der Waals surface area contributed by atoms with E-state index in [9.17, 15) is 9.90 Å². The topological polar surface area (TPSA) is 84.9 Å².